The number of hydrogen-bond donors (Lipinski definition) is 0. The van der Waals surface area contributed by atoms with Gasteiger partial charge in [0.25, 0.3) is 11.8 Å². The van der Waals surface area contributed by atoms with Crippen molar-refractivity contribution in [3.63, 3.8) is 0 Å². The van der Waals surface area contributed by atoms with Gasteiger partial charge in [-0.2, -0.15) is 0 Å². The first-order valence-corrected chi connectivity index (χ1v) is 14.7. The van der Waals surface area contributed by atoms with Crippen LogP contribution in [0.5, 0.6) is 23.0 Å². The second-order valence-electron chi connectivity index (χ2n) is 11.2. The highest BCUT2D eigenvalue weighted by Gasteiger charge is 2.34. The zero-order valence-electron chi connectivity index (χ0n) is 24.3. The summed E-state index contributed by atoms with van der Waals surface area (Å²) in [5.41, 5.74) is 3.66. The van der Waals surface area contributed by atoms with Gasteiger partial charge in [0.2, 0.25) is 0 Å². The van der Waals surface area contributed by atoms with E-state index in [1.165, 1.54) is 0 Å². The number of unbranched alkanes of at least 4 members (excludes halogenated alkanes) is 2. The molecule has 9 heteroatoms. The molecule has 220 valence electrons. The quantitative estimate of drug-likeness (QED) is 0.278. The maximum absolute atomic E-state index is 13.2. The molecule has 2 fully saturated rings. The number of benzene rings is 2. The molecule has 2 amide bonds. The molecule has 0 radical (unpaired) electrons. The van der Waals surface area contributed by atoms with Crippen molar-refractivity contribution in [2.75, 3.05) is 40.5 Å². The van der Waals surface area contributed by atoms with Crippen LogP contribution < -0.4 is 18.9 Å². The van der Waals surface area contributed by atoms with Crippen molar-refractivity contribution in [3.05, 3.63) is 59.2 Å². The van der Waals surface area contributed by atoms with Crippen LogP contribution in [-0.2, 0) is 0 Å². The molecule has 0 unspecified atom stereocenters. The van der Waals surface area contributed by atoms with Crippen molar-refractivity contribution in [3.8, 4) is 23.0 Å². The van der Waals surface area contributed by atoms with E-state index < -0.39 is 0 Å². The van der Waals surface area contributed by atoms with Gasteiger partial charge < -0.3 is 28.7 Å². The Morgan fingerprint density at radius 2 is 1.55 bits per heavy atom. The van der Waals surface area contributed by atoms with Gasteiger partial charge in [-0.15, -0.1) is 0 Å². The Kier molecular flexibility index (Phi) is 7.91. The lowest BCUT2D eigenvalue weighted by Gasteiger charge is -2.21. The van der Waals surface area contributed by atoms with Crippen molar-refractivity contribution < 1.29 is 28.5 Å². The van der Waals surface area contributed by atoms with E-state index in [1.54, 1.807) is 37.3 Å². The fourth-order valence-corrected chi connectivity index (χ4v) is 6.14. The third kappa shape index (κ3) is 5.35. The molecule has 2 saturated heterocycles. The number of fused-ring (bicyclic) bond motifs is 4. The van der Waals surface area contributed by atoms with Crippen molar-refractivity contribution >= 4 is 29.8 Å². The van der Waals surface area contributed by atoms with Gasteiger partial charge >= 0.3 is 0 Å². The first kappa shape index (κ1) is 27.9. The Morgan fingerprint density at radius 3 is 2.29 bits per heavy atom. The number of ether oxygens (including phenoxy) is 4. The SMILES string of the molecule is C=C1C[C@H]2C=Nc3cc(OCCCCCOc4cc5c(cc4OC)C(=O)N4CCC[C@H]4C=C5)c(OC)cc3C(=O)N2C1. The normalized spacial score (nSPS) is 20.5. The summed E-state index contributed by atoms with van der Waals surface area (Å²) in [5.74, 6) is 2.28. The summed E-state index contributed by atoms with van der Waals surface area (Å²) in [6.07, 6.45) is 11.3. The van der Waals surface area contributed by atoms with E-state index >= 15 is 0 Å². The number of rotatable bonds is 10. The zero-order chi connectivity index (χ0) is 29.2. The van der Waals surface area contributed by atoms with Gasteiger partial charge in [-0.3, -0.25) is 14.6 Å². The van der Waals surface area contributed by atoms with Crippen LogP contribution >= 0.6 is 0 Å². The van der Waals surface area contributed by atoms with Gasteiger partial charge in [0.05, 0.1) is 56.3 Å². The summed E-state index contributed by atoms with van der Waals surface area (Å²) in [7, 11) is 3.17. The molecule has 2 atom stereocenters. The van der Waals surface area contributed by atoms with Gasteiger partial charge in [0, 0.05) is 25.4 Å². The molecule has 42 heavy (non-hydrogen) atoms. The molecule has 9 nitrogen and oxygen atoms in total. The van der Waals surface area contributed by atoms with E-state index in [2.05, 4.69) is 17.6 Å². The standard InChI is InChI=1S/C33H37N3O6/c1-21-14-24-19-34-27-18-31(29(40-3)17-26(27)33(38)36(24)20-21)42-13-6-4-5-12-41-30-15-22-9-10-23-8-7-11-35(23)32(37)25(22)16-28(30)39-2/h9-10,15-19,23-24H,1,4-8,11-14,20H2,2-3H3/t23-,24-/m0/s1. The highest BCUT2D eigenvalue weighted by Crippen LogP contribution is 2.39. The summed E-state index contributed by atoms with van der Waals surface area (Å²) in [4.78, 5) is 34.6. The van der Waals surface area contributed by atoms with Crippen LogP contribution in [0.3, 0.4) is 0 Å². The molecule has 2 aromatic carbocycles. The maximum atomic E-state index is 13.2. The molecule has 4 aliphatic rings. The molecule has 0 N–H and O–H groups in total. The summed E-state index contributed by atoms with van der Waals surface area (Å²) >= 11 is 0. The van der Waals surface area contributed by atoms with E-state index in [0.29, 0.717) is 59.6 Å². The van der Waals surface area contributed by atoms with E-state index in [9.17, 15) is 9.59 Å². The van der Waals surface area contributed by atoms with Crippen LogP contribution in [0.25, 0.3) is 6.08 Å². The summed E-state index contributed by atoms with van der Waals surface area (Å²) < 4.78 is 23.3. The van der Waals surface area contributed by atoms with Crippen molar-refractivity contribution in [2.24, 2.45) is 4.99 Å². The smallest absolute Gasteiger partial charge is 0.257 e. The number of hydrogen-bond acceptors (Lipinski definition) is 7. The minimum Gasteiger partial charge on any atom is -0.493 e. The Hall–Kier alpha value is -4.27. The first-order valence-electron chi connectivity index (χ1n) is 14.7. The highest BCUT2D eigenvalue weighted by atomic mass is 16.5. The predicted molar refractivity (Wildman–Crippen MR) is 161 cm³/mol. The van der Waals surface area contributed by atoms with Crippen LogP contribution in [-0.4, -0.2) is 80.4 Å². The Balaban J connectivity index is 1.02. The molecule has 0 bridgehead atoms. The van der Waals surface area contributed by atoms with Gasteiger partial charge in [0.15, 0.2) is 23.0 Å². The van der Waals surface area contributed by atoms with Gasteiger partial charge in [0.1, 0.15) is 0 Å². The molecule has 0 aromatic heterocycles. The minimum atomic E-state index is -0.0647. The predicted octanol–water partition coefficient (Wildman–Crippen LogP) is 5.45. The molecule has 0 spiro atoms. The summed E-state index contributed by atoms with van der Waals surface area (Å²) in [6.45, 7) is 6.39. The second-order valence-corrected chi connectivity index (χ2v) is 11.2. The third-order valence-electron chi connectivity index (χ3n) is 8.38. The van der Waals surface area contributed by atoms with Crippen molar-refractivity contribution in [1.82, 2.24) is 9.80 Å². The molecule has 4 aliphatic heterocycles. The van der Waals surface area contributed by atoms with Crippen LogP contribution in [0.1, 0.15) is 64.8 Å². The van der Waals surface area contributed by atoms with Crippen LogP contribution in [0, 0.1) is 0 Å². The Labute approximate surface area is 246 Å². The molecular weight excluding hydrogens is 534 g/mol. The number of carbonyl (C=O) groups is 2. The van der Waals surface area contributed by atoms with Crippen molar-refractivity contribution in [2.45, 2.75) is 50.6 Å². The fraction of sp³-hybridized carbons (Fsp3) is 0.424. The highest BCUT2D eigenvalue weighted by molar-refractivity contribution is 6.04. The number of nitrogens with zero attached hydrogens (tertiary/aromatic N) is 3. The number of aliphatic imine (C=N–C) groups is 1. The number of carbonyl (C=O) groups excluding carboxylic acids is 2. The lowest BCUT2D eigenvalue weighted by Crippen LogP contribution is -2.35. The largest absolute Gasteiger partial charge is 0.493 e. The van der Waals surface area contributed by atoms with Gasteiger partial charge in [-0.1, -0.05) is 24.3 Å². The van der Waals surface area contributed by atoms with E-state index in [0.717, 1.165) is 56.2 Å². The lowest BCUT2D eigenvalue weighted by atomic mass is 10.1. The molecule has 0 saturated carbocycles. The average Bonchev–Trinajstić information content (AvgIpc) is 3.57. The van der Waals surface area contributed by atoms with E-state index in [-0.39, 0.29) is 23.9 Å². The average molecular weight is 572 g/mol. The topological polar surface area (TPSA) is 89.9 Å². The van der Waals surface area contributed by atoms with E-state index in [1.807, 2.05) is 23.3 Å². The van der Waals surface area contributed by atoms with Crippen LogP contribution in [0.2, 0.25) is 0 Å². The summed E-state index contributed by atoms with van der Waals surface area (Å²) in [6, 6.07) is 7.34. The van der Waals surface area contributed by atoms with Gasteiger partial charge in [-0.05, 0) is 62.3 Å². The second kappa shape index (κ2) is 11.9. The molecule has 4 heterocycles. The molecule has 6 rings (SSSR count). The Bertz CT molecular complexity index is 1460. The number of amides is 2. The Morgan fingerprint density at radius 1 is 0.857 bits per heavy atom. The fourth-order valence-electron chi connectivity index (χ4n) is 6.14. The number of methoxy groups -OCH3 is 2. The zero-order valence-corrected chi connectivity index (χ0v) is 24.3. The molecule has 0 aliphatic carbocycles. The van der Waals surface area contributed by atoms with Gasteiger partial charge in [-0.25, -0.2) is 0 Å². The molecular formula is C33H37N3O6. The maximum Gasteiger partial charge on any atom is 0.257 e. The van der Waals surface area contributed by atoms with E-state index in [4.69, 9.17) is 18.9 Å². The summed E-state index contributed by atoms with van der Waals surface area (Å²) in [5, 5.41) is 0. The molecule has 2 aromatic rings. The lowest BCUT2D eigenvalue weighted by molar-refractivity contribution is 0.0760. The minimum absolute atomic E-state index is 0.0542. The van der Waals surface area contributed by atoms with Crippen LogP contribution in [0.4, 0.5) is 5.69 Å². The van der Waals surface area contributed by atoms with Crippen molar-refractivity contribution in [1.29, 1.82) is 0 Å². The van der Waals surface area contributed by atoms with Crippen LogP contribution in [0.15, 0.2) is 47.5 Å². The first-order chi connectivity index (χ1) is 20.5. The third-order valence-corrected chi connectivity index (χ3v) is 8.38. The monoisotopic (exact) mass is 571 g/mol.